The smallest absolute Gasteiger partial charge is 0.410 e. The van der Waals surface area contributed by atoms with E-state index in [1.807, 2.05) is 63.1 Å². The molecule has 0 aliphatic carbocycles. The molecule has 4 aromatic rings. The number of aryl methyl sites for hydroxylation is 1. The maximum Gasteiger partial charge on any atom is 0.410 e. The summed E-state index contributed by atoms with van der Waals surface area (Å²) in [5, 5.41) is 8.70. The van der Waals surface area contributed by atoms with E-state index in [0.29, 0.717) is 13.1 Å². The first-order valence-corrected chi connectivity index (χ1v) is 10.8. The van der Waals surface area contributed by atoms with Gasteiger partial charge in [-0.05, 0) is 20.8 Å². The Labute approximate surface area is 191 Å². The van der Waals surface area contributed by atoms with Crippen LogP contribution in [0.25, 0.3) is 34.5 Å². The monoisotopic (exact) mass is 446 g/mol. The van der Waals surface area contributed by atoms with Crippen LogP contribution in [-0.2, 0) is 11.8 Å². The molecule has 1 aliphatic heterocycles. The number of ether oxygens (including phenoxy) is 1. The number of fused-ring (bicyclic) bond motifs is 1. The number of carbonyl (C=O) groups excluding carboxylic acids is 1. The molecular weight excluding hydrogens is 420 g/mol. The fourth-order valence-electron chi connectivity index (χ4n) is 3.68. The summed E-state index contributed by atoms with van der Waals surface area (Å²) < 4.78 is 10.8. The predicted octanol–water partition coefficient (Wildman–Crippen LogP) is 3.33. The number of nitrogens with zero attached hydrogens (tertiary/aromatic N) is 8. The Hall–Kier alpha value is -3.95. The molecule has 0 unspecified atom stereocenters. The lowest BCUT2D eigenvalue weighted by Gasteiger charge is -2.38. The Kier molecular flexibility index (Phi) is 4.99. The van der Waals surface area contributed by atoms with Crippen molar-refractivity contribution < 1.29 is 9.53 Å². The number of carbonyl (C=O) groups is 1. The van der Waals surface area contributed by atoms with E-state index in [1.54, 1.807) is 32.9 Å². The molecule has 0 aromatic carbocycles. The lowest BCUT2D eigenvalue weighted by atomic mass is 10.0. The maximum absolute atomic E-state index is 12.1. The van der Waals surface area contributed by atoms with Crippen molar-refractivity contribution in [2.75, 3.05) is 13.1 Å². The number of hydrogen-bond donors (Lipinski definition) is 0. The molecule has 0 atom stereocenters. The molecule has 4 aromatic heterocycles. The highest BCUT2D eigenvalue weighted by molar-refractivity contribution is 5.69. The molecule has 5 heterocycles. The molecule has 0 spiro atoms. The molecule has 0 radical (unpaired) electrons. The Bertz CT molecular complexity index is 1330. The van der Waals surface area contributed by atoms with Gasteiger partial charge in [0, 0.05) is 68.7 Å². The van der Waals surface area contributed by atoms with Crippen molar-refractivity contribution in [3.8, 4) is 22.6 Å². The first kappa shape index (κ1) is 20.9. The number of imidazole rings is 1. The van der Waals surface area contributed by atoms with E-state index in [4.69, 9.17) is 9.72 Å². The maximum atomic E-state index is 12.1. The molecule has 170 valence electrons. The first-order valence-electron chi connectivity index (χ1n) is 10.8. The van der Waals surface area contributed by atoms with Crippen molar-refractivity contribution >= 4 is 17.9 Å². The molecule has 1 aliphatic rings. The van der Waals surface area contributed by atoms with Crippen LogP contribution in [-0.4, -0.2) is 63.6 Å². The minimum atomic E-state index is -0.480. The van der Waals surface area contributed by atoms with Gasteiger partial charge in [0.2, 0.25) is 0 Å². The third-order valence-electron chi connectivity index (χ3n) is 5.32. The molecular formula is C23H26N8O2. The van der Waals surface area contributed by atoms with Crippen molar-refractivity contribution in [2.24, 2.45) is 13.0 Å². The molecule has 10 nitrogen and oxygen atoms in total. The highest BCUT2D eigenvalue weighted by Crippen LogP contribution is 2.25. The zero-order valence-electron chi connectivity index (χ0n) is 19.1. The standard InChI is InChI=1S/C23H26N8O2/c1-23(2,3)33-22(32)29-12-16(13-29)5-7-30-15-18(11-26-30)21-27-19(17-10-25-28(4)14-17)9-20-24-6-8-31(20)21/h5-11,14-16H,12-13H2,1-4H3. The fourth-order valence-corrected chi connectivity index (χ4v) is 3.68. The number of amides is 1. The SMILES string of the molecule is Cn1cc(-c2cc3nccn3c(-c3cnn(C=CC4CN(C(=O)OC(C)(C)C)C4)c3)n2)cn1. The number of likely N-dealkylation sites (tertiary alicyclic amines) is 1. The normalized spacial score (nSPS) is 14.8. The third-order valence-corrected chi connectivity index (χ3v) is 5.32. The van der Waals surface area contributed by atoms with Crippen molar-refractivity contribution in [2.45, 2.75) is 26.4 Å². The zero-order chi connectivity index (χ0) is 23.2. The Morgan fingerprint density at radius 2 is 1.94 bits per heavy atom. The highest BCUT2D eigenvalue weighted by Gasteiger charge is 2.32. The minimum absolute atomic E-state index is 0.266. The summed E-state index contributed by atoms with van der Waals surface area (Å²) in [7, 11) is 1.88. The fraction of sp³-hybridized carbons (Fsp3) is 0.348. The van der Waals surface area contributed by atoms with Crippen molar-refractivity contribution in [1.82, 2.24) is 38.8 Å². The largest absolute Gasteiger partial charge is 0.444 e. The van der Waals surface area contributed by atoms with Crippen LogP contribution in [0.1, 0.15) is 20.8 Å². The average molecular weight is 447 g/mol. The summed E-state index contributed by atoms with van der Waals surface area (Å²) in [5.41, 5.74) is 2.93. The minimum Gasteiger partial charge on any atom is -0.444 e. The lowest BCUT2D eigenvalue weighted by Crippen LogP contribution is -2.50. The van der Waals surface area contributed by atoms with Crippen molar-refractivity contribution in [1.29, 1.82) is 0 Å². The molecule has 10 heteroatoms. The van der Waals surface area contributed by atoms with Gasteiger partial charge < -0.3 is 9.64 Å². The number of rotatable bonds is 4. The summed E-state index contributed by atoms with van der Waals surface area (Å²) in [4.78, 5) is 23.1. The van der Waals surface area contributed by atoms with Gasteiger partial charge in [0.15, 0.2) is 0 Å². The second-order valence-corrected chi connectivity index (χ2v) is 9.22. The van der Waals surface area contributed by atoms with Crippen LogP contribution >= 0.6 is 0 Å². The first-order chi connectivity index (χ1) is 15.7. The highest BCUT2D eigenvalue weighted by atomic mass is 16.6. The van der Waals surface area contributed by atoms with Gasteiger partial charge in [-0.25, -0.2) is 19.4 Å². The molecule has 1 amide bonds. The van der Waals surface area contributed by atoms with Crippen LogP contribution in [0.2, 0.25) is 0 Å². The van der Waals surface area contributed by atoms with E-state index in [0.717, 1.165) is 28.3 Å². The van der Waals surface area contributed by atoms with E-state index in [2.05, 4.69) is 21.3 Å². The summed E-state index contributed by atoms with van der Waals surface area (Å²) in [5.74, 6) is 1.03. The zero-order valence-corrected chi connectivity index (χ0v) is 19.1. The van der Waals surface area contributed by atoms with Gasteiger partial charge in [-0.2, -0.15) is 10.2 Å². The number of hydrogen-bond acceptors (Lipinski definition) is 6. The van der Waals surface area contributed by atoms with E-state index in [-0.39, 0.29) is 12.0 Å². The molecule has 33 heavy (non-hydrogen) atoms. The van der Waals surface area contributed by atoms with Gasteiger partial charge in [0.05, 0.1) is 23.7 Å². The molecule has 1 fully saturated rings. The van der Waals surface area contributed by atoms with Crippen LogP contribution in [0.5, 0.6) is 0 Å². The van der Waals surface area contributed by atoms with Gasteiger partial charge in [-0.3, -0.25) is 9.08 Å². The van der Waals surface area contributed by atoms with E-state index in [1.165, 1.54) is 0 Å². The molecule has 0 saturated carbocycles. The lowest BCUT2D eigenvalue weighted by molar-refractivity contribution is 0.00497. The quantitative estimate of drug-likeness (QED) is 0.477. The molecule has 1 saturated heterocycles. The molecule has 5 rings (SSSR count). The van der Waals surface area contributed by atoms with Gasteiger partial charge in [-0.15, -0.1) is 0 Å². The van der Waals surface area contributed by atoms with Crippen molar-refractivity contribution in [3.05, 3.63) is 49.3 Å². The topological polar surface area (TPSA) is 95.4 Å². The van der Waals surface area contributed by atoms with Crippen molar-refractivity contribution in [3.63, 3.8) is 0 Å². The van der Waals surface area contributed by atoms with Gasteiger partial charge in [-0.1, -0.05) is 6.08 Å². The predicted molar refractivity (Wildman–Crippen MR) is 123 cm³/mol. The summed E-state index contributed by atoms with van der Waals surface area (Å²) in [6.45, 7) is 6.90. The molecule has 0 N–H and O–H groups in total. The van der Waals surface area contributed by atoms with Gasteiger partial charge in [0.25, 0.3) is 0 Å². The van der Waals surface area contributed by atoms with E-state index >= 15 is 0 Å². The Morgan fingerprint density at radius 3 is 2.67 bits per heavy atom. The van der Waals surface area contributed by atoms with E-state index in [9.17, 15) is 4.79 Å². The number of aromatic nitrogens is 7. The van der Waals surface area contributed by atoms with Crippen LogP contribution in [0.15, 0.2) is 49.3 Å². The van der Waals surface area contributed by atoms with Crippen LogP contribution in [0.3, 0.4) is 0 Å². The summed E-state index contributed by atoms with van der Waals surface area (Å²) in [6, 6.07) is 1.94. The van der Waals surface area contributed by atoms with Crippen LogP contribution in [0, 0.1) is 5.92 Å². The average Bonchev–Trinajstić information content (AvgIpc) is 3.44. The Morgan fingerprint density at radius 1 is 1.15 bits per heavy atom. The third kappa shape index (κ3) is 4.36. The summed E-state index contributed by atoms with van der Waals surface area (Å²) >= 11 is 0. The molecule has 0 bridgehead atoms. The van der Waals surface area contributed by atoms with Gasteiger partial charge in [0.1, 0.15) is 17.1 Å². The second-order valence-electron chi connectivity index (χ2n) is 9.22. The second kappa shape index (κ2) is 7.88. The van der Waals surface area contributed by atoms with Gasteiger partial charge >= 0.3 is 6.09 Å². The van der Waals surface area contributed by atoms with Crippen LogP contribution < -0.4 is 0 Å². The summed E-state index contributed by atoms with van der Waals surface area (Å²) in [6.07, 6.45) is 14.8. The Balaban J connectivity index is 1.31. The van der Waals surface area contributed by atoms with E-state index < -0.39 is 5.60 Å². The van der Waals surface area contributed by atoms with Crippen LogP contribution in [0.4, 0.5) is 4.79 Å².